The predicted molar refractivity (Wildman–Crippen MR) is 72.6 cm³/mol. The minimum absolute atomic E-state index is 0.316. The number of hydrogen-bond acceptors (Lipinski definition) is 1. The van der Waals surface area contributed by atoms with Gasteiger partial charge in [0.15, 0.2) is 0 Å². The topological polar surface area (TPSA) is 3.24 Å². The summed E-state index contributed by atoms with van der Waals surface area (Å²) in [5, 5.41) is 0. The normalized spacial score (nSPS) is 34.1. The lowest BCUT2D eigenvalue weighted by atomic mass is 9.68. The maximum Gasteiger partial charge on any atom is 0.0127 e. The second kappa shape index (κ2) is 4.33. The molecule has 1 heteroatoms. The number of likely N-dealkylation sites (tertiary alicyclic amines) is 1. The van der Waals surface area contributed by atoms with Crippen LogP contribution in [0.15, 0.2) is 0 Å². The first-order valence-corrected chi connectivity index (χ1v) is 6.80. The Morgan fingerprint density at radius 3 is 1.81 bits per heavy atom. The fourth-order valence-electron chi connectivity index (χ4n) is 3.49. The van der Waals surface area contributed by atoms with E-state index in [0.29, 0.717) is 11.0 Å². The van der Waals surface area contributed by atoms with Crippen molar-refractivity contribution in [3.63, 3.8) is 0 Å². The summed E-state index contributed by atoms with van der Waals surface area (Å²) >= 11 is 0. The summed E-state index contributed by atoms with van der Waals surface area (Å²) in [6.07, 6.45) is 1.35. The van der Waals surface area contributed by atoms with Crippen LogP contribution in [0.1, 0.15) is 61.8 Å². The van der Waals surface area contributed by atoms with Crippen molar-refractivity contribution < 1.29 is 0 Å². The molecule has 0 saturated carbocycles. The molecule has 0 spiro atoms. The summed E-state index contributed by atoms with van der Waals surface area (Å²) in [7, 11) is 0. The van der Waals surface area contributed by atoms with E-state index in [-0.39, 0.29) is 0 Å². The first-order chi connectivity index (χ1) is 7.03. The third-order valence-corrected chi connectivity index (χ3v) is 4.27. The van der Waals surface area contributed by atoms with Gasteiger partial charge in [0.05, 0.1) is 0 Å². The minimum Gasteiger partial charge on any atom is -0.296 e. The maximum absolute atomic E-state index is 2.68. The molecule has 1 aliphatic heterocycles. The van der Waals surface area contributed by atoms with Crippen LogP contribution < -0.4 is 0 Å². The van der Waals surface area contributed by atoms with Crippen molar-refractivity contribution in [2.45, 2.75) is 73.4 Å². The second-order valence-electron chi connectivity index (χ2n) is 7.86. The van der Waals surface area contributed by atoms with Gasteiger partial charge in [-0.1, -0.05) is 27.7 Å². The lowest BCUT2D eigenvalue weighted by Crippen LogP contribution is -2.55. The molecule has 1 heterocycles. The summed E-state index contributed by atoms with van der Waals surface area (Å²) in [6, 6.07) is 0.723. The lowest BCUT2D eigenvalue weighted by Gasteiger charge is -2.51. The fourth-order valence-corrected chi connectivity index (χ4v) is 3.49. The number of hydrogen-bond donors (Lipinski definition) is 0. The van der Waals surface area contributed by atoms with E-state index in [1.807, 2.05) is 0 Å². The molecule has 0 N–H and O–H groups in total. The molecule has 1 aliphatic rings. The van der Waals surface area contributed by atoms with E-state index in [4.69, 9.17) is 0 Å². The highest BCUT2D eigenvalue weighted by atomic mass is 15.2. The summed E-state index contributed by atoms with van der Waals surface area (Å²) in [6.45, 7) is 20.3. The van der Waals surface area contributed by atoms with Crippen LogP contribution in [0.2, 0.25) is 0 Å². The van der Waals surface area contributed by atoms with Gasteiger partial charge in [0.2, 0.25) is 0 Å². The molecule has 1 nitrogen and oxygen atoms in total. The molecule has 0 radical (unpaired) electrons. The highest BCUT2D eigenvalue weighted by molar-refractivity contribution is 4.93. The molecule has 0 bridgehead atoms. The highest BCUT2D eigenvalue weighted by Gasteiger charge is 2.40. The quantitative estimate of drug-likeness (QED) is 0.598. The molecule has 0 aromatic heterocycles. The largest absolute Gasteiger partial charge is 0.296 e. The van der Waals surface area contributed by atoms with E-state index >= 15 is 0 Å². The van der Waals surface area contributed by atoms with Gasteiger partial charge in [0, 0.05) is 18.1 Å². The van der Waals surface area contributed by atoms with Gasteiger partial charge in [-0.15, -0.1) is 0 Å². The van der Waals surface area contributed by atoms with Gasteiger partial charge in [-0.2, -0.15) is 0 Å². The molecule has 0 aromatic carbocycles. The molecular weight excluding hydrogens is 194 g/mol. The Morgan fingerprint density at radius 2 is 1.44 bits per heavy atom. The Bertz CT molecular complexity index is 205. The van der Waals surface area contributed by atoms with Crippen LogP contribution in [0.5, 0.6) is 0 Å². The molecule has 0 amide bonds. The van der Waals surface area contributed by atoms with Gasteiger partial charge >= 0.3 is 0 Å². The summed E-state index contributed by atoms with van der Waals surface area (Å²) < 4.78 is 0. The third-order valence-electron chi connectivity index (χ3n) is 4.27. The van der Waals surface area contributed by atoms with E-state index in [9.17, 15) is 0 Å². The van der Waals surface area contributed by atoms with E-state index in [1.54, 1.807) is 0 Å². The molecule has 0 aliphatic carbocycles. The molecule has 96 valence electrons. The van der Waals surface area contributed by atoms with Crippen LogP contribution >= 0.6 is 0 Å². The first-order valence-electron chi connectivity index (χ1n) is 6.80. The summed E-state index contributed by atoms with van der Waals surface area (Å²) in [5.41, 5.74) is 0.772. The van der Waals surface area contributed by atoms with Crippen molar-refractivity contribution in [2.75, 3.05) is 6.54 Å². The number of piperidine rings is 1. The molecule has 3 atom stereocenters. The molecular formula is C15H31N. The van der Waals surface area contributed by atoms with Gasteiger partial charge in [-0.05, 0) is 51.4 Å². The predicted octanol–water partition coefficient (Wildman–Crippen LogP) is 4.18. The Morgan fingerprint density at radius 1 is 0.938 bits per heavy atom. The second-order valence-corrected chi connectivity index (χ2v) is 7.86. The van der Waals surface area contributed by atoms with E-state index in [0.717, 1.165) is 17.9 Å². The average molecular weight is 225 g/mol. The SMILES string of the molecule is C[C@@H]1CN(C(C)(C)C)[C@H](C)CC1C(C)(C)C. The molecule has 1 fully saturated rings. The average Bonchev–Trinajstić information content (AvgIpc) is 2.04. The van der Waals surface area contributed by atoms with Crippen molar-refractivity contribution in [1.82, 2.24) is 4.90 Å². The minimum atomic E-state index is 0.316. The van der Waals surface area contributed by atoms with Crippen LogP contribution in [-0.4, -0.2) is 23.0 Å². The van der Waals surface area contributed by atoms with E-state index in [2.05, 4.69) is 60.3 Å². The van der Waals surface area contributed by atoms with Crippen LogP contribution in [0.25, 0.3) is 0 Å². The first kappa shape index (κ1) is 14.0. The van der Waals surface area contributed by atoms with Crippen LogP contribution in [0, 0.1) is 17.3 Å². The fraction of sp³-hybridized carbons (Fsp3) is 1.00. The third kappa shape index (κ3) is 3.00. The lowest BCUT2D eigenvalue weighted by molar-refractivity contribution is -0.0231. The molecule has 16 heavy (non-hydrogen) atoms. The van der Waals surface area contributed by atoms with Gasteiger partial charge in [-0.3, -0.25) is 4.90 Å². The molecule has 0 aromatic rings. The summed E-state index contributed by atoms with van der Waals surface area (Å²) in [4.78, 5) is 2.68. The van der Waals surface area contributed by atoms with E-state index < -0.39 is 0 Å². The number of nitrogens with zero attached hydrogens (tertiary/aromatic N) is 1. The Kier molecular flexibility index (Phi) is 3.79. The monoisotopic (exact) mass is 225 g/mol. The van der Waals surface area contributed by atoms with Gasteiger partial charge in [0.25, 0.3) is 0 Å². The zero-order chi connectivity index (χ0) is 12.7. The van der Waals surface area contributed by atoms with Crippen molar-refractivity contribution in [3.8, 4) is 0 Å². The zero-order valence-electron chi connectivity index (χ0n) is 12.6. The molecule has 1 saturated heterocycles. The van der Waals surface area contributed by atoms with Gasteiger partial charge in [-0.25, -0.2) is 0 Å². The van der Waals surface area contributed by atoms with Crippen LogP contribution in [-0.2, 0) is 0 Å². The maximum atomic E-state index is 2.68. The highest BCUT2D eigenvalue weighted by Crippen LogP contribution is 2.41. The van der Waals surface area contributed by atoms with Crippen LogP contribution in [0.3, 0.4) is 0 Å². The van der Waals surface area contributed by atoms with Crippen molar-refractivity contribution >= 4 is 0 Å². The molecule has 1 unspecified atom stereocenters. The van der Waals surface area contributed by atoms with Gasteiger partial charge in [0.1, 0.15) is 0 Å². The molecule has 1 rings (SSSR count). The standard InChI is InChI=1S/C15H31N/c1-11-10-16(15(6,7)8)12(2)9-13(11)14(3,4)5/h11-13H,9-10H2,1-8H3/t11-,12-,13?/m1/s1. The van der Waals surface area contributed by atoms with Gasteiger partial charge < -0.3 is 0 Å². The summed E-state index contributed by atoms with van der Waals surface area (Å²) in [5.74, 6) is 1.68. The van der Waals surface area contributed by atoms with Crippen molar-refractivity contribution in [3.05, 3.63) is 0 Å². The smallest absolute Gasteiger partial charge is 0.0127 e. The Hall–Kier alpha value is -0.0400. The number of rotatable bonds is 0. The van der Waals surface area contributed by atoms with E-state index in [1.165, 1.54) is 13.0 Å². The Labute approximate surface area is 103 Å². The van der Waals surface area contributed by atoms with Crippen molar-refractivity contribution in [1.29, 1.82) is 0 Å². The zero-order valence-corrected chi connectivity index (χ0v) is 12.6. The Balaban J connectivity index is 2.79. The van der Waals surface area contributed by atoms with Crippen LogP contribution in [0.4, 0.5) is 0 Å². The van der Waals surface area contributed by atoms with Crippen molar-refractivity contribution in [2.24, 2.45) is 17.3 Å².